The van der Waals surface area contributed by atoms with Gasteiger partial charge >= 0.3 is 0 Å². The molecule has 6 heteroatoms. The van der Waals surface area contributed by atoms with E-state index in [1.54, 1.807) is 31.4 Å². The SMILES string of the molecule is COc1ccc(S(=O)(=O)NCC(CC(C)C)N2CCCCC2)cc1. The molecule has 0 aliphatic carbocycles. The van der Waals surface area contributed by atoms with E-state index in [0.717, 1.165) is 19.5 Å². The highest BCUT2D eigenvalue weighted by molar-refractivity contribution is 7.89. The highest BCUT2D eigenvalue weighted by atomic mass is 32.2. The number of sulfonamides is 1. The monoisotopic (exact) mass is 354 g/mol. The van der Waals surface area contributed by atoms with Gasteiger partial charge in [-0.25, -0.2) is 13.1 Å². The molecule has 1 saturated heterocycles. The molecule has 1 aliphatic heterocycles. The van der Waals surface area contributed by atoms with Gasteiger partial charge in [0.1, 0.15) is 5.75 Å². The molecule has 5 nitrogen and oxygen atoms in total. The van der Waals surface area contributed by atoms with E-state index < -0.39 is 10.0 Å². The Bertz CT molecular complexity index is 593. The molecule has 1 aliphatic rings. The van der Waals surface area contributed by atoms with Crippen molar-refractivity contribution in [3.63, 3.8) is 0 Å². The number of piperidine rings is 1. The minimum atomic E-state index is -3.49. The molecule has 2 rings (SSSR count). The van der Waals surface area contributed by atoms with E-state index in [-0.39, 0.29) is 10.9 Å². The fourth-order valence-corrected chi connectivity index (χ4v) is 4.31. The molecule has 0 spiro atoms. The average Bonchev–Trinajstić information content (AvgIpc) is 2.59. The molecule has 0 bridgehead atoms. The molecule has 1 N–H and O–H groups in total. The van der Waals surface area contributed by atoms with Crippen molar-refractivity contribution >= 4 is 10.0 Å². The van der Waals surface area contributed by atoms with Crippen molar-refractivity contribution < 1.29 is 13.2 Å². The van der Waals surface area contributed by atoms with Gasteiger partial charge < -0.3 is 4.74 Å². The van der Waals surface area contributed by atoms with Gasteiger partial charge in [-0.1, -0.05) is 20.3 Å². The van der Waals surface area contributed by atoms with Gasteiger partial charge in [-0.05, 0) is 62.5 Å². The third-order valence-corrected chi connectivity index (χ3v) is 5.97. The number of nitrogens with zero attached hydrogens (tertiary/aromatic N) is 1. The van der Waals surface area contributed by atoms with Crippen LogP contribution in [0, 0.1) is 5.92 Å². The first-order chi connectivity index (χ1) is 11.4. The second-order valence-electron chi connectivity index (χ2n) is 6.91. The number of methoxy groups -OCH3 is 1. The van der Waals surface area contributed by atoms with E-state index >= 15 is 0 Å². The van der Waals surface area contributed by atoms with Crippen LogP contribution in [-0.4, -0.2) is 46.1 Å². The molecule has 1 aromatic carbocycles. The molecule has 136 valence electrons. The zero-order valence-electron chi connectivity index (χ0n) is 15.0. The maximum atomic E-state index is 12.5. The van der Waals surface area contributed by atoms with Crippen LogP contribution in [0.1, 0.15) is 39.5 Å². The Kier molecular flexibility index (Phi) is 7.07. The Hall–Kier alpha value is -1.11. The standard InChI is InChI=1S/C18H30N2O3S/c1-15(2)13-16(20-11-5-4-6-12-20)14-19-24(21,22)18-9-7-17(23-3)8-10-18/h7-10,15-16,19H,4-6,11-14H2,1-3H3. The average molecular weight is 355 g/mol. The molecule has 0 aromatic heterocycles. The maximum absolute atomic E-state index is 12.5. The summed E-state index contributed by atoms with van der Waals surface area (Å²) in [6.07, 6.45) is 4.70. The van der Waals surface area contributed by atoms with Gasteiger partial charge in [0, 0.05) is 12.6 Å². The van der Waals surface area contributed by atoms with Gasteiger partial charge in [0.2, 0.25) is 10.0 Å². The van der Waals surface area contributed by atoms with Gasteiger partial charge in [-0.2, -0.15) is 0 Å². The number of hydrogen-bond acceptors (Lipinski definition) is 4. The van der Waals surface area contributed by atoms with Crippen molar-refractivity contribution in [2.75, 3.05) is 26.7 Å². The molecular weight excluding hydrogens is 324 g/mol. The van der Waals surface area contributed by atoms with E-state index in [2.05, 4.69) is 23.5 Å². The van der Waals surface area contributed by atoms with Gasteiger partial charge in [-0.3, -0.25) is 4.90 Å². The van der Waals surface area contributed by atoms with Gasteiger partial charge in [0.05, 0.1) is 12.0 Å². The lowest BCUT2D eigenvalue weighted by Crippen LogP contribution is -2.46. The summed E-state index contributed by atoms with van der Waals surface area (Å²) in [7, 11) is -1.92. The van der Waals surface area contributed by atoms with Crippen molar-refractivity contribution in [1.82, 2.24) is 9.62 Å². The van der Waals surface area contributed by atoms with Crippen LogP contribution in [0.4, 0.5) is 0 Å². The van der Waals surface area contributed by atoms with E-state index in [0.29, 0.717) is 18.2 Å². The summed E-state index contributed by atoms with van der Waals surface area (Å²) >= 11 is 0. The van der Waals surface area contributed by atoms with Crippen LogP contribution in [0.25, 0.3) is 0 Å². The van der Waals surface area contributed by atoms with Crippen molar-refractivity contribution in [2.24, 2.45) is 5.92 Å². The van der Waals surface area contributed by atoms with Gasteiger partial charge in [-0.15, -0.1) is 0 Å². The van der Waals surface area contributed by atoms with E-state index in [9.17, 15) is 8.42 Å². The van der Waals surface area contributed by atoms with Gasteiger partial charge in [0.25, 0.3) is 0 Å². The summed E-state index contributed by atoms with van der Waals surface area (Å²) in [6, 6.07) is 6.77. The predicted molar refractivity (Wildman–Crippen MR) is 96.8 cm³/mol. The number of benzene rings is 1. The Labute approximate surface area is 146 Å². The minimum Gasteiger partial charge on any atom is -0.497 e. The van der Waals surface area contributed by atoms with Crippen molar-refractivity contribution in [2.45, 2.75) is 50.5 Å². The van der Waals surface area contributed by atoms with Crippen LogP contribution in [0.2, 0.25) is 0 Å². The molecule has 1 atom stereocenters. The maximum Gasteiger partial charge on any atom is 0.240 e. The largest absolute Gasteiger partial charge is 0.497 e. The quantitative estimate of drug-likeness (QED) is 0.780. The topological polar surface area (TPSA) is 58.6 Å². The number of ether oxygens (including phenoxy) is 1. The van der Waals surface area contributed by atoms with Crippen LogP contribution in [-0.2, 0) is 10.0 Å². The number of nitrogens with one attached hydrogen (secondary N) is 1. The fourth-order valence-electron chi connectivity index (χ4n) is 3.23. The highest BCUT2D eigenvalue weighted by Crippen LogP contribution is 2.19. The zero-order valence-corrected chi connectivity index (χ0v) is 15.8. The van der Waals surface area contributed by atoms with E-state index in [1.807, 2.05) is 0 Å². The zero-order chi connectivity index (χ0) is 17.6. The summed E-state index contributed by atoms with van der Waals surface area (Å²) < 4.78 is 33.0. The second-order valence-corrected chi connectivity index (χ2v) is 8.67. The van der Waals surface area contributed by atoms with Crippen molar-refractivity contribution in [3.05, 3.63) is 24.3 Å². The number of hydrogen-bond donors (Lipinski definition) is 1. The normalized spacial score (nSPS) is 17.8. The minimum absolute atomic E-state index is 0.262. The van der Waals surface area contributed by atoms with E-state index in [4.69, 9.17) is 4.74 Å². The first kappa shape index (κ1) is 19.2. The summed E-state index contributed by atoms with van der Waals surface area (Å²) in [6.45, 7) is 6.99. The lowest BCUT2D eigenvalue weighted by molar-refractivity contribution is 0.146. The lowest BCUT2D eigenvalue weighted by atomic mass is 10.00. The highest BCUT2D eigenvalue weighted by Gasteiger charge is 2.24. The Morgan fingerprint density at radius 3 is 2.29 bits per heavy atom. The number of likely N-dealkylation sites (tertiary alicyclic amines) is 1. The first-order valence-corrected chi connectivity index (χ1v) is 10.3. The Morgan fingerprint density at radius 2 is 1.75 bits per heavy atom. The number of rotatable bonds is 8. The molecule has 0 amide bonds. The Morgan fingerprint density at radius 1 is 1.12 bits per heavy atom. The van der Waals surface area contributed by atoms with Crippen LogP contribution in [0.15, 0.2) is 29.2 Å². The lowest BCUT2D eigenvalue weighted by Gasteiger charge is -2.35. The third kappa shape index (κ3) is 5.46. The van der Waals surface area contributed by atoms with Crippen LogP contribution < -0.4 is 9.46 Å². The molecule has 0 saturated carbocycles. The van der Waals surface area contributed by atoms with E-state index in [1.165, 1.54) is 19.3 Å². The Balaban J connectivity index is 2.02. The second kappa shape index (κ2) is 8.83. The fraction of sp³-hybridized carbons (Fsp3) is 0.667. The molecule has 1 unspecified atom stereocenters. The predicted octanol–water partition coefficient (Wildman–Crippen LogP) is 2.87. The molecule has 24 heavy (non-hydrogen) atoms. The first-order valence-electron chi connectivity index (χ1n) is 8.80. The molecule has 1 heterocycles. The summed E-state index contributed by atoms with van der Waals surface area (Å²) in [5.41, 5.74) is 0. The van der Waals surface area contributed by atoms with Crippen LogP contribution in [0.3, 0.4) is 0 Å². The summed E-state index contributed by atoms with van der Waals surface area (Å²) in [4.78, 5) is 2.73. The molecule has 1 aromatic rings. The van der Waals surface area contributed by atoms with Gasteiger partial charge in [0.15, 0.2) is 0 Å². The molecule has 1 fully saturated rings. The molecule has 0 radical (unpaired) electrons. The third-order valence-electron chi connectivity index (χ3n) is 4.53. The van der Waals surface area contributed by atoms with Crippen molar-refractivity contribution in [1.29, 1.82) is 0 Å². The summed E-state index contributed by atoms with van der Waals surface area (Å²) in [5.74, 6) is 1.20. The van der Waals surface area contributed by atoms with Crippen LogP contribution >= 0.6 is 0 Å². The van der Waals surface area contributed by atoms with Crippen LogP contribution in [0.5, 0.6) is 5.75 Å². The summed E-state index contributed by atoms with van der Waals surface area (Å²) in [5, 5.41) is 0. The molecular formula is C18H30N2O3S. The smallest absolute Gasteiger partial charge is 0.240 e. The van der Waals surface area contributed by atoms with Crippen molar-refractivity contribution in [3.8, 4) is 5.75 Å².